The van der Waals surface area contributed by atoms with E-state index < -0.39 is 5.97 Å². The molecule has 2 aromatic rings. The maximum Gasteiger partial charge on any atom is 0.338 e. The lowest BCUT2D eigenvalue weighted by molar-refractivity contribution is -0.113. The average molecular weight is 436 g/mol. The molecule has 1 heterocycles. The number of fused-ring (bicyclic) bond motifs is 1. The first-order valence-electron chi connectivity index (χ1n) is 7.58. The maximum absolute atomic E-state index is 12.2. The predicted octanol–water partition coefficient (Wildman–Crippen LogP) is 3.54. The standard InChI is InChI=1S/C18H14BrNO5S/c1-24-15-4-2-10(6-12(15)19)14(21)8-25-18(23)11-3-5-16-13(7-11)20-17(22)9-26-16/h2-7H,8-9H2,1H3,(H,20,22). The van der Waals surface area contributed by atoms with E-state index in [1.807, 2.05) is 0 Å². The van der Waals surface area contributed by atoms with Crippen LogP contribution in [0.3, 0.4) is 0 Å². The van der Waals surface area contributed by atoms with Gasteiger partial charge in [0, 0.05) is 10.5 Å². The molecule has 0 bridgehead atoms. The van der Waals surface area contributed by atoms with Gasteiger partial charge in [0.25, 0.3) is 0 Å². The molecule has 0 radical (unpaired) electrons. The molecule has 0 aliphatic carbocycles. The van der Waals surface area contributed by atoms with Crippen molar-refractivity contribution in [2.24, 2.45) is 0 Å². The first-order chi connectivity index (χ1) is 12.5. The van der Waals surface area contributed by atoms with Crippen LogP contribution in [0.4, 0.5) is 5.69 Å². The van der Waals surface area contributed by atoms with E-state index in [0.717, 1.165) is 4.90 Å². The molecule has 134 valence electrons. The zero-order valence-electron chi connectivity index (χ0n) is 13.7. The third kappa shape index (κ3) is 4.08. The van der Waals surface area contributed by atoms with E-state index in [-0.39, 0.29) is 23.9 Å². The normalized spacial score (nSPS) is 12.8. The Kier molecular flexibility index (Phi) is 5.63. The van der Waals surface area contributed by atoms with E-state index in [4.69, 9.17) is 9.47 Å². The van der Waals surface area contributed by atoms with Crippen molar-refractivity contribution in [3.05, 3.63) is 52.0 Å². The number of anilines is 1. The van der Waals surface area contributed by atoms with Gasteiger partial charge in [-0.05, 0) is 52.3 Å². The largest absolute Gasteiger partial charge is 0.496 e. The van der Waals surface area contributed by atoms with Crippen LogP contribution < -0.4 is 10.1 Å². The second-order valence-corrected chi connectivity index (χ2v) is 7.27. The van der Waals surface area contributed by atoms with Crippen molar-refractivity contribution in [3.63, 3.8) is 0 Å². The molecule has 1 aliphatic heterocycles. The van der Waals surface area contributed by atoms with Crippen LogP contribution in [0.25, 0.3) is 0 Å². The van der Waals surface area contributed by atoms with Gasteiger partial charge in [0.15, 0.2) is 12.4 Å². The number of nitrogens with one attached hydrogen (secondary N) is 1. The SMILES string of the molecule is COc1ccc(C(=O)COC(=O)c2ccc3c(c2)NC(=O)CS3)cc1Br. The summed E-state index contributed by atoms with van der Waals surface area (Å²) < 4.78 is 10.9. The molecule has 26 heavy (non-hydrogen) atoms. The molecular formula is C18H14BrNO5S. The smallest absolute Gasteiger partial charge is 0.338 e. The number of amides is 1. The molecule has 3 rings (SSSR count). The fourth-order valence-corrected chi connectivity index (χ4v) is 3.68. The number of methoxy groups -OCH3 is 1. The number of carbonyl (C=O) groups is 3. The lowest BCUT2D eigenvalue weighted by Crippen LogP contribution is -2.19. The summed E-state index contributed by atoms with van der Waals surface area (Å²) in [5, 5.41) is 2.71. The van der Waals surface area contributed by atoms with E-state index in [1.54, 1.807) is 36.4 Å². The minimum atomic E-state index is -0.626. The van der Waals surface area contributed by atoms with Gasteiger partial charge in [-0.2, -0.15) is 0 Å². The number of Topliss-reactive ketones (excluding diaryl/α,β-unsaturated/α-hetero) is 1. The summed E-state index contributed by atoms with van der Waals surface area (Å²) in [5.74, 6) is -0.120. The van der Waals surface area contributed by atoms with Gasteiger partial charge < -0.3 is 14.8 Å². The number of hydrogen-bond donors (Lipinski definition) is 1. The van der Waals surface area contributed by atoms with Crippen LogP contribution in [-0.4, -0.2) is 37.1 Å². The highest BCUT2D eigenvalue weighted by Gasteiger charge is 2.19. The number of esters is 1. The number of ether oxygens (including phenoxy) is 2. The van der Waals surface area contributed by atoms with Crippen LogP contribution >= 0.6 is 27.7 Å². The van der Waals surface area contributed by atoms with Crippen molar-refractivity contribution in [1.29, 1.82) is 0 Å². The Bertz CT molecular complexity index is 899. The number of hydrogen-bond acceptors (Lipinski definition) is 6. The molecule has 0 aromatic heterocycles. The minimum Gasteiger partial charge on any atom is -0.496 e. The maximum atomic E-state index is 12.2. The van der Waals surface area contributed by atoms with Crippen LogP contribution in [0, 0.1) is 0 Å². The summed E-state index contributed by atoms with van der Waals surface area (Å²) in [6, 6.07) is 9.78. The van der Waals surface area contributed by atoms with Crippen molar-refractivity contribution in [1.82, 2.24) is 0 Å². The van der Waals surface area contributed by atoms with E-state index >= 15 is 0 Å². The minimum absolute atomic E-state index is 0.117. The Labute approximate surface area is 162 Å². The van der Waals surface area contributed by atoms with Gasteiger partial charge in [0.05, 0.1) is 28.6 Å². The van der Waals surface area contributed by atoms with Crippen molar-refractivity contribution in [3.8, 4) is 5.75 Å². The summed E-state index contributed by atoms with van der Waals surface area (Å²) in [5.41, 5.74) is 1.25. The Hall–Kier alpha value is -2.32. The summed E-state index contributed by atoms with van der Waals surface area (Å²) in [4.78, 5) is 36.7. The highest BCUT2D eigenvalue weighted by Crippen LogP contribution is 2.32. The summed E-state index contributed by atoms with van der Waals surface area (Å²) in [7, 11) is 1.53. The van der Waals surface area contributed by atoms with E-state index in [2.05, 4.69) is 21.2 Å². The lowest BCUT2D eigenvalue weighted by Gasteiger charge is -2.16. The topological polar surface area (TPSA) is 81.7 Å². The van der Waals surface area contributed by atoms with Crippen molar-refractivity contribution < 1.29 is 23.9 Å². The summed E-state index contributed by atoms with van der Waals surface area (Å²) >= 11 is 4.71. The Morgan fingerprint density at radius 3 is 2.69 bits per heavy atom. The molecule has 0 saturated heterocycles. The highest BCUT2D eigenvalue weighted by atomic mass is 79.9. The number of rotatable bonds is 5. The van der Waals surface area contributed by atoms with Crippen LogP contribution in [0.2, 0.25) is 0 Å². The zero-order chi connectivity index (χ0) is 18.7. The molecule has 8 heteroatoms. The van der Waals surface area contributed by atoms with Crippen LogP contribution in [0.5, 0.6) is 5.75 Å². The van der Waals surface area contributed by atoms with Crippen LogP contribution in [0.1, 0.15) is 20.7 Å². The first-order valence-corrected chi connectivity index (χ1v) is 9.36. The van der Waals surface area contributed by atoms with Gasteiger partial charge in [-0.25, -0.2) is 4.79 Å². The molecule has 1 amide bonds. The zero-order valence-corrected chi connectivity index (χ0v) is 16.1. The van der Waals surface area contributed by atoms with E-state index in [0.29, 0.717) is 27.2 Å². The highest BCUT2D eigenvalue weighted by molar-refractivity contribution is 9.10. The fraction of sp³-hybridized carbons (Fsp3) is 0.167. The first kappa shape index (κ1) is 18.5. The number of benzene rings is 2. The molecule has 1 N–H and O–H groups in total. The fourth-order valence-electron chi connectivity index (χ4n) is 2.35. The molecule has 0 saturated carbocycles. The van der Waals surface area contributed by atoms with Gasteiger partial charge in [-0.3, -0.25) is 9.59 Å². The third-order valence-corrected chi connectivity index (χ3v) is 5.35. The predicted molar refractivity (Wildman–Crippen MR) is 101 cm³/mol. The van der Waals surface area contributed by atoms with Gasteiger partial charge in [-0.15, -0.1) is 11.8 Å². The molecule has 0 fully saturated rings. The molecule has 0 unspecified atom stereocenters. The lowest BCUT2D eigenvalue weighted by atomic mass is 10.1. The Balaban J connectivity index is 1.65. The second kappa shape index (κ2) is 7.92. The number of ketones is 1. The van der Waals surface area contributed by atoms with Crippen molar-refractivity contribution in [2.45, 2.75) is 4.90 Å². The molecule has 0 spiro atoms. The van der Waals surface area contributed by atoms with Crippen molar-refractivity contribution >= 4 is 51.0 Å². The van der Waals surface area contributed by atoms with Crippen LogP contribution in [-0.2, 0) is 9.53 Å². The molecule has 2 aromatic carbocycles. The molecule has 0 atom stereocenters. The van der Waals surface area contributed by atoms with Gasteiger partial charge in [-0.1, -0.05) is 0 Å². The van der Waals surface area contributed by atoms with Gasteiger partial charge >= 0.3 is 5.97 Å². The third-order valence-electron chi connectivity index (χ3n) is 3.66. The van der Waals surface area contributed by atoms with Crippen molar-refractivity contribution in [2.75, 3.05) is 24.8 Å². The molecular weight excluding hydrogens is 422 g/mol. The Morgan fingerprint density at radius 1 is 1.19 bits per heavy atom. The van der Waals surface area contributed by atoms with E-state index in [9.17, 15) is 14.4 Å². The molecule has 6 nitrogen and oxygen atoms in total. The van der Waals surface area contributed by atoms with E-state index in [1.165, 1.54) is 18.9 Å². The quantitative estimate of drug-likeness (QED) is 0.571. The second-order valence-electron chi connectivity index (χ2n) is 5.40. The number of thioether (sulfide) groups is 1. The Morgan fingerprint density at radius 2 is 1.96 bits per heavy atom. The average Bonchev–Trinajstić information content (AvgIpc) is 2.65. The number of carbonyl (C=O) groups excluding carboxylic acids is 3. The summed E-state index contributed by atoms with van der Waals surface area (Å²) in [6.07, 6.45) is 0. The van der Waals surface area contributed by atoms with Crippen LogP contribution in [0.15, 0.2) is 45.8 Å². The number of halogens is 1. The molecule has 1 aliphatic rings. The van der Waals surface area contributed by atoms with Gasteiger partial charge in [0.2, 0.25) is 5.91 Å². The summed E-state index contributed by atoms with van der Waals surface area (Å²) in [6.45, 7) is -0.379. The van der Waals surface area contributed by atoms with Gasteiger partial charge in [0.1, 0.15) is 5.75 Å². The monoisotopic (exact) mass is 435 g/mol.